The molecule has 3 nitrogen and oxygen atoms in total. The van der Waals surface area contributed by atoms with Crippen molar-refractivity contribution in [2.45, 2.75) is 13.8 Å². The molecule has 0 saturated carbocycles. The first kappa shape index (κ1) is 8.36. The molecule has 0 atom stereocenters. The molecule has 2 N–H and O–H groups in total. The molecule has 9 heavy (non-hydrogen) atoms. The normalized spacial score (nSPS) is 8.22. The number of thiocarbonyl (C=S) groups is 1. The van der Waals surface area contributed by atoms with Crippen LogP contribution in [0.3, 0.4) is 0 Å². The van der Waals surface area contributed by atoms with Gasteiger partial charge in [-0.25, -0.2) is 0 Å². The predicted octanol–water partition coefficient (Wildman–Crippen LogP) is 0.0169. The van der Waals surface area contributed by atoms with Gasteiger partial charge in [0.2, 0.25) is 5.91 Å². The van der Waals surface area contributed by atoms with E-state index in [2.05, 4.69) is 22.9 Å². The summed E-state index contributed by atoms with van der Waals surface area (Å²) in [4.78, 5) is 10.9. The third kappa shape index (κ3) is 7.36. The Bertz CT molecular complexity index is 110. The van der Waals surface area contributed by atoms with E-state index in [1.165, 1.54) is 6.92 Å². The number of hydrogen-bond acceptors (Lipinski definition) is 2. The summed E-state index contributed by atoms with van der Waals surface area (Å²) in [6.45, 7) is 3.64. The topological polar surface area (TPSA) is 41.1 Å². The van der Waals surface area contributed by atoms with E-state index in [0.29, 0.717) is 11.7 Å². The summed E-state index contributed by atoms with van der Waals surface area (Å²) in [7, 11) is 0. The van der Waals surface area contributed by atoms with Gasteiger partial charge in [0, 0.05) is 6.92 Å². The lowest BCUT2D eigenvalue weighted by Gasteiger charge is -2.02. The minimum absolute atomic E-state index is 0.0567. The van der Waals surface area contributed by atoms with Crippen LogP contribution in [0.5, 0.6) is 0 Å². The summed E-state index contributed by atoms with van der Waals surface area (Å²) in [6.07, 6.45) is 0. The summed E-state index contributed by atoms with van der Waals surface area (Å²) in [5, 5.41) is 5.32. The highest BCUT2D eigenvalue weighted by atomic mass is 32.1. The molecule has 1 amide bonds. The lowest BCUT2D eigenvalue weighted by Crippen LogP contribution is -2.33. The molecule has 0 unspecified atom stereocenters. The molecule has 0 spiro atoms. The van der Waals surface area contributed by atoms with Crippen LogP contribution in [-0.2, 0) is 4.79 Å². The molecular weight excluding hydrogens is 136 g/mol. The zero-order chi connectivity index (χ0) is 7.28. The summed E-state index contributed by atoms with van der Waals surface area (Å²) < 4.78 is 0. The molecule has 0 bridgehead atoms. The van der Waals surface area contributed by atoms with Gasteiger partial charge in [0.1, 0.15) is 0 Å². The van der Waals surface area contributed by atoms with Crippen LogP contribution in [0.1, 0.15) is 13.8 Å². The van der Waals surface area contributed by atoms with Gasteiger partial charge in [0.15, 0.2) is 0 Å². The van der Waals surface area contributed by atoms with Crippen molar-refractivity contribution in [1.29, 1.82) is 0 Å². The zero-order valence-corrected chi connectivity index (χ0v) is 6.34. The molecule has 0 aromatic heterocycles. The van der Waals surface area contributed by atoms with Crippen molar-refractivity contribution in [3.8, 4) is 0 Å². The quantitative estimate of drug-likeness (QED) is 0.426. The molecule has 0 saturated heterocycles. The van der Waals surface area contributed by atoms with Crippen molar-refractivity contribution in [2.75, 3.05) is 6.67 Å². The Morgan fingerprint density at radius 2 is 2.00 bits per heavy atom. The predicted molar refractivity (Wildman–Crippen MR) is 40.1 cm³/mol. The van der Waals surface area contributed by atoms with Gasteiger partial charge in [0.05, 0.1) is 11.7 Å². The minimum atomic E-state index is -0.0567. The van der Waals surface area contributed by atoms with E-state index in [9.17, 15) is 4.79 Å². The maximum absolute atomic E-state index is 10.2. The lowest BCUT2D eigenvalue weighted by molar-refractivity contribution is -0.118. The maximum Gasteiger partial charge on any atom is 0.218 e. The molecule has 0 aliphatic carbocycles. The third-order valence-electron chi connectivity index (χ3n) is 0.675. The van der Waals surface area contributed by atoms with Crippen LogP contribution in [0.25, 0.3) is 0 Å². The highest BCUT2D eigenvalue weighted by molar-refractivity contribution is 7.80. The van der Waals surface area contributed by atoms with Crippen LogP contribution in [0, 0.1) is 0 Å². The molecular formula is C5H10N2OS. The van der Waals surface area contributed by atoms with Gasteiger partial charge in [-0.3, -0.25) is 4.79 Å². The van der Waals surface area contributed by atoms with E-state index < -0.39 is 0 Å². The van der Waals surface area contributed by atoms with E-state index >= 15 is 0 Å². The monoisotopic (exact) mass is 146 g/mol. The molecule has 0 radical (unpaired) electrons. The molecule has 0 fully saturated rings. The van der Waals surface area contributed by atoms with E-state index in [4.69, 9.17) is 0 Å². The van der Waals surface area contributed by atoms with E-state index in [1.54, 1.807) is 6.92 Å². The largest absolute Gasteiger partial charge is 0.363 e. The van der Waals surface area contributed by atoms with Crippen molar-refractivity contribution in [2.24, 2.45) is 0 Å². The fourth-order valence-corrected chi connectivity index (χ4v) is 0.365. The van der Waals surface area contributed by atoms with Crippen LogP contribution in [0.2, 0.25) is 0 Å². The number of hydrogen-bond donors (Lipinski definition) is 2. The van der Waals surface area contributed by atoms with Crippen LogP contribution >= 0.6 is 12.2 Å². The van der Waals surface area contributed by atoms with E-state index in [1.807, 2.05) is 0 Å². The van der Waals surface area contributed by atoms with Crippen LogP contribution < -0.4 is 10.6 Å². The molecule has 52 valence electrons. The van der Waals surface area contributed by atoms with Gasteiger partial charge in [-0.05, 0) is 6.92 Å². The van der Waals surface area contributed by atoms with Gasteiger partial charge in [-0.1, -0.05) is 12.2 Å². The highest BCUT2D eigenvalue weighted by Crippen LogP contribution is 1.63. The molecule has 0 aromatic carbocycles. The molecule has 0 aliphatic rings. The highest BCUT2D eigenvalue weighted by Gasteiger charge is 1.87. The lowest BCUT2D eigenvalue weighted by atomic mass is 10.7. The van der Waals surface area contributed by atoms with Gasteiger partial charge in [0.25, 0.3) is 0 Å². The Balaban J connectivity index is 3.10. The Hall–Kier alpha value is -0.640. The molecule has 0 aromatic rings. The van der Waals surface area contributed by atoms with Crippen LogP contribution in [0.15, 0.2) is 0 Å². The number of rotatable bonds is 2. The Morgan fingerprint density at radius 1 is 1.44 bits per heavy atom. The second-order valence-electron chi connectivity index (χ2n) is 1.64. The SMILES string of the molecule is CC(=O)NCNC(C)=S. The van der Waals surface area contributed by atoms with Crippen LogP contribution in [0.4, 0.5) is 0 Å². The second kappa shape index (κ2) is 4.26. The van der Waals surface area contributed by atoms with Crippen LogP contribution in [-0.4, -0.2) is 17.6 Å². The minimum Gasteiger partial charge on any atom is -0.363 e. The number of carbonyl (C=O) groups is 1. The Kier molecular flexibility index (Phi) is 3.96. The average Bonchev–Trinajstić information content (AvgIpc) is 1.63. The van der Waals surface area contributed by atoms with Crippen molar-refractivity contribution < 1.29 is 4.79 Å². The zero-order valence-electron chi connectivity index (χ0n) is 5.52. The van der Waals surface area contributed by atoms with Gasteiger partial charge in [-0.2, -0.15) is 0 Å². The van der Waals surface area contributed by atoms with Crippen molar-refractivity contribution >= 4 is 23.1 Å². The first-order chi connectivity index (χ1) is 4.13. The Labute approximate surface area is 59.8 Å². The number of nitrogens with one attached hydrogen (secondary N) is 2. The summed E-state index contributed by atoms with van der Waals surface area (Å²) >= 11 is 4.69. The van der Waals surface area contributed by atoms with Gasteiger partial charge in [-0.15, -0.1) is 0 Å². The standard InChI is InChI=1S/C5H10N2OS/c1-4(8)6-3-7-5(2)9/h3H2,1-2H3,(H,6,8)(H,7,9). The number of carbonyl (C=O) groups excluding carboxylic acids is 1. The molecule has 0 aliphatic heterocycles. The molecule has 0 rings (SSSR count). The van der Waals surface area contributed by atoms with Crippen molar-refractivity contribution in [3.05, 3.63) is 0 Å². The fourth-order valence-electron chi connectivity index (χ4n) is 0.293. The Morgan fingerprint density at radius 3 is 2.33 bits per heavy atom. The molecule has 0 heterocycles. The van der Waals surface area contributed by atoms with Crippen molar-refractivity contribution in [3.63, 3.8) is 0 Å². The maximum atomic E-state index is 10.2. The first-order valence-corrected chi connectivity index (χ1v) is 3.02. The van der Waals surface area contributed by atoms with Gasteiger partial charge < -0.3 is 10.6 Å². The third-order valence-corrected chi connectivity index (χ3v) is 0.819. The number of amides is 1. The smallest absolute Gasteiger partial charge is 0.218 e. The summed E-state index contributed by atoms with van der Waals surface area (Å²) in [5.74, 6) is -0.0567. The summed E-state index contributed by atoms with van der Waals surface area (Å²) in [5.41, 5.74) is 0. The second-order valence-corrected chi connectivity index (χ2v) is 2.26. The first-order valence-electron chi connectivity index (χ1n) is 2.62. The fraction of sp³-hybridized carbons (Fsp3) is 0.600. The van der Waals surface area contributed by atoms with E-state index in [0.717, 1.165) is 0 Å². The molecule has 4 heteroatoms. The van der Waals surface area contributed by atoms with E-state index in [-0.39, 0.29) is 5.91 Å². The van der Waals surface area contributed by atoms with Crippen molar-refractivity contribution in [1.82, 2.24) is 10.6 Å². The average molecular weight is 146 g/mol. The summed E-state index contributed by atoms with van der Waals surface area (Å²) in [6, 6.07) is 0. The van der Waals surface area contributed by atoms with Gasteiger partial charge >= 0.3 is 0 Å².